The second-order valence-corrected chi connectivity index (χ2v) is 6.55. The summed E-state index contributed by atoms with van der Waals surface area (Å²) in [5.74, 6) is 0. The molecule has 1 aromatic rings. The van der Waals surface area contributed by atoms with Gasteiger partial charge in [0.1, 0.15) is 0 Å². The van der Waals surface area contributed by atoms with E-state index in [0.29, 0.717) is 6.04 Å². The highest BCUT2D eigenvalue weighted by molar-refractivity contribution is 9.10. The Morgan fingerprint density at radius 2 is 2.16 bits per heavy atom. The molecule has 2 rings (SSSR count). The lowest BCUT2D eigenvalue weighted by Gasteiger charge is -2.37. The van der Waals surface area contributed by atoms with Crippen molar-refractivity contribution in [3.05, 3.63) is 28.2 Å². The van der Waals surface area contributed by atoms with Gasteiger partial charge in [-0.2, -0.15) is 0 Å². The fourth-order valence-corrected chi connectivity index (χ4v) is 3.42. The third kappa shape index (κ3) is 3.50. The molecule has 3 nitrogen and oxygen atoms in total. The minimum absolute atomic E-state index is 0.0688. The van der Waals surface area contributed by atoms with E-state index in [9.17, 15) is 0 Å². The number of nitrogens with two attached hydrogens (primary N) is 1. The van der Waals surface area contributed by atoms with E-state index in [2.05, 4.69) is 58.0 Å². The van der Waals surface area contributed by atoms with E-state index >= 15 is 0 Å². The highest BCUT2D eigenvalue weighted by atomic mass is 79.9. The Balaban J connectivity index is 2.15. The zero-order chi connectivity index (χ0) is 14.0. The maximum Gasteiger partial charge on any atom is 0.0378 e. The third-order valence-electron chi connectivity index (χ3n) is 3.97. The van der Waals surface area contributed by atoms with Gasteiger partial charge in [0.05, 0.1) is 0 Å². The molecule has 0 aromatic heterocycles. The van der Waals surface area contributed by atoms with Gasteiger partial charge in [-0.15, -0.1) is 0 Å². The van der Waals surface area contributed by atoms with Crippen LogP contribution in [0, 0.1) is 0 Å². The number of piperidine rings is 1. The van der Waals surface area contributed by atoms with Gasteiger partial charge in [-0.3, -0.25) is 0 Å². The molecule has 1 heterocycles. The van der Waals surface area contributed by atoms with Crippen LogP contribution in [0.1, 0.15) is 31.4 Å². The van der Waals surface area contributed by atoms with Crippen LogP contribution in [0.25, 0.3) is 0 Å². The number of anilines is 1. The maximum absolute atomic E-state index is 5.95. The molecule has 2 N–H and O–H groups in total. The van der Waals surface area contributed by atoms with E-state index in [1.54, 1.807) is 0 Å². The molecule has 0 saturated carbocycles. The minimum Gasteiger partial charge on any atom is -0.370 e. The molecule has 1 aromatic carbocycles. The van der Waals surface area contributed by atoms with Crippen molar-refractivity contribution >= 4 is 21.6 Å². The largest absolute Gasteiger partial charge is 0.370 e. The van der Waals surface area contributed by atoms with Crippen molar-refractivity contribution in [2.24, 2.45) is 5.73 Å². The first-order valence-corrected chi connectivity index (χ1v) is 7.74. The number of likely N-dealkylation sites (N-methyl/N-ethyl adjacent to an activating group) is 1. The van der Waals surface area contributed by atoms with E-state index in [1.807, 2.05) is 6.92 Å². The third-order valence-corrected chi connectivity index (χ3v) is 4.65. The lowest BCUT2D eigenvalue weighted by molar-refractivity contribution is 0.258. The molecule has 1 saturated heterocycles. The van der Waals surface area contributed by atoms with Crippen LogP contribution in [0.3, 0.4) is 0 Å². The molecular weight excluding hydrogens is 302 g/mol. The molecule has 0 radical (unpaired) electrons. The van der Waals surface area contributed by atoms with Crippen LogP contribution in [0.5, 0.6) is 0 Å². The van der Waals surface area contributed by atoms with E-state index < -0.39 is 0 Å². The van der Waals surface area contributed by atoms with Crippen LogP contribution in [-0.4, -0.2) is 38.1 Å². The number of rotatable bonds is 3. The lowest BCUT2D eigenvalue weighted by atomic mass is 10.0. The smallest absolute Gasteiger partial charge is 0.0378 e. The molecule has 4 heteroatoms. The lowest BCUT2D eigenvalue weighted by Crippen LogP contribution is -2.45. The van der Waals surface area contributed by atoms with Gasteiger partial charge < -0.3 is 15.5 Å². The van der Waals surface area contributed by atoms with Crippen molar-refractivity contribution < 1.29 is 0 Å². The zero-order valence-corrected chi connectivity index (χ0v) is 13.7. The number of nitrogens with zero attached hydrogens (tertiary/aromatic N) is 2. The van der Waals surface area contributed by atoms with Gasteiger partial charge in [-0.25, -0.2) is 0 Å². The van der Waals surface area contributed by atoms with Crippen molar-refractivity contribution in [3.63, 3.8) is 0 Å². The number of halogens is 1. The van der Waals surface area contributed by atoms with Gasteiger partial charge in [-0.1, -0.05) is 22.0 Å². The summed E-state index contributed by atoms with van der Waals surface area (Å²) in [6.07, 6.45) is 2.55. The topological polar surface area (TPSA) is 32.5 Å². The Labute approximate surface area is 124 Å². The van der Waals surface area contributed by atoms with E-state index in [1.165, 1.54) is 24.1 Å². The average molecular weight is 326 g/mol. The zero-order valence-electron chi connectivity index (χ0n) is 12.1. The summed E-state index contributed by atoms with van der Waals surface area (Å²) >= 11 is 3.64. The molecule has 0 aliphatic carbocycles. The normalized spacial score (nSPS) is 21.8. The summed E-state index contributed by atoms with van der Waals surface area (Å²) in [6, 6.07) is 7.27. The van der Waals surface area contributed by atoms with Gasteiger partial charge in [0.25, 0.3) is 0 Å². The molecule has 0 spiro atoms. The van der Waals surface area contributed by atoms with Crippen molar-refractivity contribution in [1.82, 2.24) is 4.90 Å². The van der Waals surface area contributed by atoms with Crippen LogP contribution in [-0.2, 0) is 0 Å². The van der Waals surface area contributed by atoms with Crippen LogP contribution < -0.4 is 10.6 Å². The number of hydrogen-bond acceptors (Lipinski definition) is 3. The molecular formula is C15H24BrN3. The van der Waals surface area contributed by atoms with Gasteiger partial charge in [0, 0.05) is 35.3 Å². The first-order chi connectivity index (χ1) is 8.99. The standard InChI is InChI=1S/C15H24BrN3/c1-11(17)14-7-6-12(9-15(14)16)19-8-4-5-13(10-19)18(2)3/h6-7,9,11,13H,4-5,8,10,17H2,1-3H3/t11-,13?/m1/s1. The highest BCUT2D eigenvalue weighted by Gasteiger charge is 2.22. The van der Waals surface area contributed by atoms with Crippen molar-refractivity contribution in [3.8, 4) is 0 Å². The Morgan fingerprint density at radius 1 is 1.42 bits per heavy atom. The average Bonchev–Trinajstić information content (AvgIpc) is 2.38. The quantitative estimate of drug-likeness (QED) is 0.927. The molecule has 2 atom stereocenters. The first-order valence-electron chi connectivity index (χ1n) is 6.95. The van der Waals surface area contributed by atoms with Crippen molar-refractivity contribution in [1.29, 1.82) is 0 Å². The van der Waals surface area contributed by atoms with E-state index in [-0.39, 0.29) is 6.04 Å². The molecule has 1 aliphatic rings. The molecule has 1 fully saturated rings. The molecule has 0 bridgehead atoms. The Kier molecular flexibility index (Phi) is 4.87. The van der Waals surface area contributed by atoms with E-state index in [4.69, 9.17) is 5.73 Å². The fourth-order valence-electron chi connectivity index (χ4n) is 2.69. The summed E-state index contributed by atoms with van der Waals surface area (Å²) in [5, 5.41) is 0. The first kappa shape index (κ1) is 14.8. The second kappa shape index (κ2) is 6.25. The summed E-state index contributed by atoms with van der Waals surface area (Å²) < 4.78 is 1.12. The van der Waals surface area contributed by atoms with Crippen LogP contribution in [0.15, 0.2) is 22.7 Å². The monoisotopic (exact) mass is 325 g/mol. The van der Waals surface area contributed by atoms with Crippen LogP contribution >= 0.6 is 15.9 Å². The molecule has 1 unspecified atom stereocenters. The van der Waals surface area contributed by atoms with Crippen molar-refractivity contribution in [2.45, 2.75) is 31.8 Å². The van der Waals surface area contributed by atoms with Crippen LogP contribution in [0.4, 0.5) is 5.69 Å². The van der Waals surface area contributed by atoms with Gasteiger partial charge >= 0.3 is 0 Å². The van der Waals surface area contributed by atoms with Gasteiger partial charge in [-0.05, 0) is 51.6 Å². The summed E-state index contributed by atoms with van der Waals surface area (Å²) in [5.41, 5.74) is 8.42. The predicted molar refractivity (Wildman–Crippen MR) is 85.7 cm³/mol. The van der Waals surface area contributed by atoms with E-state index in [0.717, 1.165) is 17.6 Å². The summed E-state index contributed by atoms with van der Waals surface area (Å²) in [6.45, 7) is 4.27. The maximum atomic E-state index is 5.95. The SMILES string of the molecule is C[C@@H](N)c1ccc(N2CCCC(N(C)C)C2)cc1Br. The minimum atomic E-state index is 0.0688. The molecule has 1 aliphatic heterocycles. The van der Waals surface area contributed by atoms with Gasteiger partial charge in [0.2, 0.25) is 0 Å². The Bertz CT molecular complexity index is 431. The predicted octanol–water partition coefficient (Wildman–Crippen LogP) is 3.00. The highest BCUT2D eigenvalue weighted by Crippen LogP contribution is 2.29. The fraction of sp³-hybridized carbons (Fsp3) is 0.600. The number of hydrogen-bond donors (Lipinski definition) is 1. The Morgan fingerprint density at radius 3 is 2.74 bits per heavy atom. The molecule has 19 heavy (non-hydrogen) atoms. The summed E-state index contributed by atoms with van der Waals surface area (Å²) in [4.78, 5) is 4.81. The van der Waals surface area contributed by atoms with Crippen molar-refractivity contribution in [2.75, 3.05) is 32.1 Å². The second-order valence-electron chi connectivity index (χ2n) is 5.70. The summed E-state index contributed by atoms with van der Waals surface area (Å²) in [7, 11) is 4.34. The number of benzene rings is 1. The van der Waals surface area contributed by atoms with Gasteiger partial charge in [0.15, 0.2) is 0 Å². The Hall–Kier alpha value is -0.580. The molecule has 0 amide bonds. The molecule has 106 valence electrons. The van der Waals surface area contributed by atoms with Crippen LogP contribution in [0.2, 0.25) is 0 Å².